The van der Waals surface area contributed by atoms with E-state index in [2.05, 4.69) is 0 Å². The van der Waals surface area contributed by atoms with Crippen molar-refractivity contribution < 1.29 is 12.8 Å². The standard InChI is InChI=1S/C10H12FNO2S/c1-15(13,14)10-8(9(10)12)6-2-4-7(11)5-3-6/h2-5,8-10H,12H2,1H3/t8-,9+,10+/m0/s1. The first-order valence-electron chi connectivity index (χ1n) is 4.61. The molecule has 1 aromatic rings. The average Bonchev–Trinajstić information content (AvgIpc) is 2.78. The molecule has 1 aliphatic carbocycles. The van der Waals surface area contributed by atoms with Crippen LogP contribution < -0.4 is 5.73 Å². The maximum atomic E-state index is 12.6. The Labute approximate surface area is 88.0 Å². The number of halogens is 1. The largest absolute Gasteiger partial charge is 0.326 e. The lowest BCUT2D eigenvalue weighted by molar-refractivity contribution is 0.599. The van der Waals surface area contributed by atoms with E-state index >= 15 is 0 Å². The molecule has 2 N–H and O–H groups in total. The molecule has 15 heavy (non-hydrogen) atoms. The molecule has 1 saturated carbocycles. The maximum absolute atomic E-state index is 12.6. The number of hydrogen-bond donors (Lipinski definition) is 1. The van der Waals surface area contributed by atoms with E-state index in [9.17, 15) is 12.8 Å². The topological polar surface area (TPSA) is 60.2 Å². The van der Waals surface area contributed by atoms with Crippen LogP contribution in [-0.2, 0) is 9.84 Å². The summed E-state index contributed by atoms with van der Waals surface area (Å²) in [7, 11) is -3.11. The predicted molar refractivity (Wildman–Crippen MR) is 55.7 cm³/mol. The molecule has 0 aromatic heterocycles. The fourth-order valence-electron chi connectivity index (χ4n) is 1.95. The smallest absolute Gasteiger partial charge is 0.152 e. The molecule has 3 nitrogen and oxygen atoms in total. The van der Waals surface area contributed by atoms with Gasteiger partial charge in [-0.2, -0.15) is 0 Å². The molecule has 1 aliphatic rings. The van der Waals surface area contributed by atoms with Gasteiger partial charge in [-0.1, -0.05) is 12.1 Å². The zero-order chi connectivity index (χ0) is 11.2. The number of nitrogens with two attached hydrogens (primary N) is 1. The molecule has 0 unspecified atom stereocenters. The third-order valence-electron chi connectivity index (χ3n) is 2.76. The molecule has 0 heterocycles. The van der Waals surface area contributed by atoms with Gasteiger partial charge in [-0.3, -0.25) is 0 Å². The maximum Gasteiger partial charge on any atom is 0.152 e. The van der Waals surface area contributed by atoms with E-state index in [-0.39, 0.29) is 17.8 Å². The zero-order valence-corrected chi connectivity index (χ0v) is 9.04. The summed E-state index contributed by atoms with van der Waals surface area (Å²) in [5.74, 6) is -0.510. The number of rotatable bonds is 2. The van der Waals surface area contributed by atoms with Crippen molar-refractivity contribution in [1.82, 2.24) is 0 Å². The van der Waals surface area contributed by atoms with Gasteiger partial charge < -0.3 is 5.73 Å². The molecule has 0 bridgehead atoms. The quantitative estimate of drug-likeness (QED) is 0.810. The van der Waals surface area contributed by atoms with Gasteiger partial charge in [0.2, 0.25) is 0 Å². The van der Waals surface area contributed by atoms with Crippen molar-refractivity contribution in [2.75, 3.05) is 6.26 Å². The van der Waals surface area contributed by atoms with E-state index in [0.29, 0.717) is 0 Å². The molecule has 0 saturated heterocycles. The van der Waals surface area contributed by atoms with Crippen molar-refractivity contribution in [3.8, 4) is 0 Å². The van der Waals surface area contributed by atoms with Gasteiger partial charge in [0, 0.05) is 18.2 Å². The Bertz CT molecular complexity index is 469. The summed E-state index contributed by atoms with van der Waals surface area (Å²) in [6.07, 6.45) is 1.18. The molecule has 0 spiro atoms. The first-order chi connectivity index (χ1) is 6.91. The Kier molecular flexibility index (Phi) is 2.31. The van der Waals surface area contributed by atoms with Gasteiger partial charge in [0.15, 0.2) is 9.84 Å². The lowest BCUT2D eigenvalue weighted by atomic mass is 10.1. The summed E-state index contributed by atoms with van der Waals surface area (Å²) in [4.78, 5) is 0. The Hall–Kier alpha value is -0.940. The van der Waals surface area contributed by atoms with Crippen LogP contribution in [0.1, 0.15) is 11.5 Å². The third-order valence-corrected chi connectivity index (χ3v) is 4.35. The molecule has 2 rings (SSSR count). The van der Waals surface area contributed by atoms with Gasteiger partial charge in [-0.25, -0.2) is 12.8 Å². The van der Waals surface area contributed by atoms with Crippen LogP contribution in [0.5, 0.6) is 0 Å². The van der Waals surface area contributed by atoms with E-state index in [4.69, 9.17) is 5.73 Å². The highest BCUT2D eigenvalue weighted by Gasteiger charge is 2.54. The van der Waals surface area contributed by atoms with Gasteiger partial charge in [0.1, 0.15) is 5.82 Å². The summed E-state index contributed by atoms with van der Waals surface area (Å²) in [5.41, 5.74) is 6.49. The summed E-state index contributed by atoms with van der Waals surface area (Å²) in [6, 6.07) is 5.46. The minimum Gasteiger partial charge on any atom is -0.326 e. The normalized spacial score (nSPS) is 30.2. The first kappa shape index (κ1) is 10.6. The SMILES string of the molecule is CS(=O)(=O)[C@H]1[C@H](N)[C@@H]1c1ccc(F)cc1. The fourth-order valence-corrected chi connectivity index (χ4v) is 3.47. The van der Waals surface area contributed by atoms with Crippen molar-refractivity contribution in [1.29, 1.82) is 0 Å². The Morgan fingerprint density at radius 3 is 2.20 bits per heavy atom. The van der Waals surface area contributed by atoms with Crippen LogP contribution in [0.3, 0.4) is 0 Å². The van der Waals surface area contributed by atoms with Crippen molar-refractivity contribution in [2.24, 2.45) is 5.73 Å². The van der Waals surface area contributed by atoms with Gasteiger partial charge in [0.25, 0.3) is 0 Å². The lowest BCUT2D eigenvalue weighted by Crippen LogP contribution is -2.13. The molecule has 3 atom stereocenters. The number of sulfone groups is 1. The number of hydrogen-bond acceptors (Lipinski definition) is 3. The molecule has 0 amide bonds. The molecule has 0 aliphatic heterocycles. The Morgan fingerprint density at radius 1 is 1.27 bits per heavy atom. The summed E-state index contributed by atoms with van der Waals surface area (Å²) >= 11 is 0. The molecule has 0 radical (unpaired) electrons. The highest BCUT2D eigenvalue weighted by molar-refractivity contribution is 7.91. The van der Waals surface area contributed by atoms with Gasteiger partial charge in [0.05, 0.1) is 5.25 Å². The Balaban J connectivity index is 2.26. The monoisotopic (exact) mass is 229 g/mol. The molecule has 82 valence electrons. The fraction of sp³-hybridized carbons (Fsp3) is 0.400. The number of benzene rings is 1. The summed E-state index contributed by atoms with van der Waals surface area (Å²) < 4.78 is 35.3. The highest BCUT2D eigenvalue weighted by Crippen LogP contribution is 2.44. The van der Waals surface area contributed by atoms with Crippen molar-refractivity contribution in [3.05, 3.63) is 35.6 Å². The van der Waals surface area contributed by atoms with E-state index in [1.54, 1.807) is 12.1 Å². The van der Waals surface area contributed by atoms with E-state index in [1.165, 1.54) is 18.4 Å². The van der Waals surface area contributed by atoms with Crippen LogP contribution in [0.4, 0.5) is 4.39 Å². The van der Waals surface area contributed by atoms with E-state index < -0.39 is 15.1 Å². The van der Waals surface area contributed by atoms with Crippen LogP contribution in [0, 0.1) is 5.82 Å². The second-order valence-electron chi connectivity index (χ2n) is 3.95. The first-order valence-corrected chi connectivity index (χ1v) is 6.56. The van der Waals surface area contributed by atoms with Crippen molar-refractivity contribution in [2.45, 2.75) is 17.2 Å². The molecular formula is C10H12FNO2S. The minimum atomic E-state index is -3.11. The van der Waals surface area contributed by atoms with Crippen LogP contribution in [0.15, 0.2) is 24.3 Å². The molecular weight excluding hydrogens is 217 g/mol. The molecule has 1 aromatic carbocycles. The van der Waals surface area contributed by atoms with Crippen LogP contribution >= 0.6 is 0 Å². The lowest BCUT2D eigenvalue weighted by Gasteiger charge is -1.98. The average molecular weight is 229 g/mol. The van der Waals surface area contributed by atoms with Crippen LogP contribution in [0.25, 0.3) is 0 Å². The predicted octanol–water partition coefficient (Wildman–Crippen LogP) is 0.663. The molecule has 5 heteroatoms. The Morgan fingerprint density at radius 2 is 1.80 bits per heavy atom. The minimum absolute atomic E-state index is 0.180. The van der Waals surface area contributed by atoms with Gasteiger partial charge in [-0.15, -0.1) is 0 Å². The van der Waals surface area contributed by atoms with E-state index in [1.807, 2.05) is 0 Å². The third kappa shape index (κ3) is 1.89. The summed E-state index contributed by atoms with van der Waals surface area (Å²) in [6.45, 7) is 0. The second kappa shape index (κ2) is 3.28. The van der Waals surface area contributed by atoms with Crippen molar-refractivity contribution in [3.63, 3.8) is 0 Å². The zero-order valence-electron chi connectivity index (χ0n) is 8.22. The highest BCUT2D eigenvalue weighted by atomic mass is 32.2. The molecule has 1 fully saturated rings. The van der Waals surface area contributed by atoms with Crippen LogP contribution in [0.2, 0.25) is 0 Å². The second-order valence-corrected chi connectivity index (χ2v) is 6.15. The van der Waals surface area contributed by atoms with Crippen LogP contribution in [-0.4, -0.2) is 26.0 Å². The van der Waals surface area contributed by atoms with Gasteiger partial charge in [-0.05, 0) is 17.7 Å². The van der Waals surface area contributed by atoms with E-state index in [0.717, 1.165) is 5.56 Å². The van der Waals surface area contributed by atoms with Crippen molar-refractivity contribution >= 4 is 9.84 Å². The van der Waals surface area contributed by atoms with Gasteiger partial charge >= 0.3 is 0 Å². The summed E-state index contributed by atoms with van der Waals surface area (Å²) in [5, 5.41) is -0.511.